The Bertz CT molecular complexity index is 2970. The fraction of sp³-hybridized carbons (Fsp3) is 0.564. The Morgan fingerprint density at radius 3 is 1.26 bits per heavy atom. The van der Waals surface area contributed by atoms with Crippen molar-refractivity contribution in [2.24, 2.45) is 11.8 Å². The van der Waals surface area contributed by atoms with E-state index in [0.717, 1.165) is 65.5 Å². The van der Waals surface area contributed by atoms with E-state index in [0.29, 0.717) is 78.5 Å². The van der Waals surface area contributed by atoms with Crippen LogP contribution in [0.15, 0.2) is 155 Å². The first-order valence-corrected chi connectivity index (χ1v) is 48.6. The number of hydrogen-bond acceptors (Lipinski definition) is 18. The second-order valence-corrected chi connectivity index (χ2v) is 43.6. The molecular weight excluding hydrogens is 1520 g/mol. The zero-order valence-electron chi connectivity index (χ0n) is 62.4. The van der Waals surface area contributed by atoms with Crippen molar-refractivity contribution in [1.29, 1.82) is 0 Å². The SMILES string of the molecule is CC[C@H](/C=C(/C)[C@H](C[C@H](C[C@H](O)C(C)(C)c1ccc[c]([Sn]([CH3])([CH3])[CH3])c1)OC)OCc1ccc(OC)cc1)COCOCCOC.CC[C@H](/C=C(/C)[C@H](C[C@H](C[C@H](O)C(C)(C)c1cccc(Br)c1)OC)OCc1ccc(OC)cc1)COCOCCOC.Cc1ccccc1.S=S.S=S=S. The van der Waals surface area contributed by atoms with Crippen LogP contribution in [0.3, 0.4) is 0 Å². The molecule has 0 saturated heterocycles. The van der Waals surface area contributed by atoms with Gasteiger partial charge < -0.3 is 52.5 Å². The van der Waals surface area contributed by atoms with Gasteiger partial charge in [-0.25, -0.2) is 0 Å². The van der Waals surface area contributed by atoms with E-state index < -0.39 is 41.4 Å². The molecule has 5 rings (SSSR count). The van der Waals surface area contributed by atoms with Gasteiger partial charge in [-0.15, -0.1) is 0 Å². The summed E-state index contributed by atoms with van der Waals surface area (Å²) < 4.78 is 70.7. The van der Waals surface area contributed by atoms with Gasteiger partial charge in [0.15, 0.2) is 0 Å². The predicted molar refractivity (Wildman–Crippen MR) is 425 cm³/mol. The van der Waals surface area contributed by atoms with Crippen LogP contribution in [0.2, 0.25) is 14.8 Å². The van der Waals surface area contributed by atoms with Crippen LogP contribution in [0, 0.1) is 18.8 Å². The van der Waals surface area contributed by atoms with E-state index in [1.165, 1.54) is 14.7 Å². The van der Waals surface area contributed by atoms with E-state index >= 15 is 0 Å². The Hall–Kier alpha value is -2.92. The van der Waals surface area contributed by atoms with E-state index in [1.807, 2.05) is 78.9 Å². The second-order valence-electron chi connectivity index (χ2n) is 26.4. The van der Waals surface area contributed by atoms with Crippen molar-refractivity contribution in [3.05, 3.63) is 183 Å². The molecule has 5 aromatic carbocycles. The van der Waals surface area contributed by atoms with Crippen LogP contribution in [0.1, 0.15) is 122 Å². The van der Waals surface area contributed by atoms with E-state index in [4.69, 9.17) is 56.8 Å². The van der Waals surface area contributed by atoms with Crippen molar-refractivity contribution in [3.63, 3.8) is 0 Å². The molecule has 0 aromatic heterocycles. The van der Waals surface area contributed by atoms with E-state index in [-0.39, 0.29) is 49.8 Å². The Balaban J connectivity index is 0.000000848. The zero-order chi connectivity index (χ0) is 74.2. The minimum absolute atomic E-state index is 0.195. The van der Waals surface area contributed by atoms with E-state index in [1.54, 1.807) is 42.7 Å². The molecule has 0 aliphatic carbocycles. The molecule has 0 aliphatic rings. The summed E-state index contributed by atoms with van der Waals surface area (Å²) in [5.41, 5.74) is 7.04. The smallest absolute Gasteiger partial charge is 0.497 e. The normalized spacial score (nSPS) is 14.3. The average Bonchev–Trinajstić information content (AvgIpc) is 0.816. The quantitative estimate of drug-likeness (QED) is 0.0165. The van der Waals surface area contributed by atoms with Gasteiger partial charge in [0.2, 0.25) is 0 Å². The van der Waals surface area contributed by atoms with Crippen LogP contribution >= 0.6 is 15.9 Å². The van der Waals surface area contributed by atoms with Crippen molar-refractivity contribution >= 4 is 91.5 Å². The number of hydrogen-bond donors (Lipinski definition) is 2. The third kappa shape index (κ3) is 39.1. The van der Waals surface area contributed by atoms with Gasteiger partial charge in [0.25, 0.3) is 0 Å². The van der Waals surface area contributed by atoms with Crippen LogP contribution in [0.4, 0.5) is 0 Å². The Labute approximate surface area is 631 Å². The van der Waals surface area contributed by atoms with Crippen LogP contribution in [0.5, 0.6) is 11.5 Å². The van der Waals surface area contributed by atoms with Crippen LogP contribution < -0.4 is 13.1 Å². The summed E-state index contributed by atoms with van der Waals surface area (Å²) in [5, 5.41) is 23.0. The molecule has 99 heavy (non-hydrogen) atoms. The Morgan fingerprint density at radius 2 is 0.929 bits per heavy atom. The van der Waals surface area contributed by atoms with Gasteiger partial charge in [0, 0.05) is 104 Å². The zero-order valence-corrected chi connectivity index (χ0v) is 70.9. The number of aliphatic hydroxyl groups excluding tert-OH is 2. The van der Waals surface area contributed by atoms with Crippen LogP contribution in [-0.4, -0.2) is 161 Å². The molecule has 5 aromatic rings. The molecule has 556 valence electrons. The maximum atomic E-state index is 11.6. The molecule has 2 N–H and O–H groups in total. The van der Waals surface area contributed by atoms with Crippen LogP contribution in [-0.2, 0) is 125 Å². The molecule has 0 saturated carbocycles. The van der Waals surface area contributed by atoms with Gasteiger partial charge in [-0.05, 0) is 79.8 Å². The third-order valence-electron chi connectivity index (χ3n) is 17.4. The average molecular weight is 1640 g/mol. The summed E-state index contributed by atoms with van der Waals surface area (Å²) in [4.78, 5) is 7.27. The molecule has 0 heterocycles. The van der Waals surface area contributed by atoms with Gasteiger partial charge in [-0.2, -0.15) is 0 Å². The van der Waals surface area contributed by atoms with Crippen molar-refractivity contribution < 1.29 is 67.1 Å². The summed E-state index contributed by atoms with van der Waals surface area (Å²) >= 11 is 16.9. The summed E-state index contributed by atoms with van der Waals surface area (Å²) in [5.74, 6) is 2.06. The maximum absolute atomic E-state index is 11.6. The van der Waals surface area contributed by atoms with Gasteiger partial charge in [0.05, 0.1) is 78.8 Å². The number of benzene rings is 5. The summed E-state index contributed by atoms with van der Waals surface area (Å²) in [6.07, 6.45) is 6.55. The number of ether oxygens (including phenoxy) is 12. The fourth-order valence-corrected chi connectivity index (χ4v) is 14.2. The summed E-state index contributed by atoms with van der Waals surface area (Å²) in [6.45, 7) is 23.6. The number of halogens is 1. The molecule has 0 radical (unpaired) electrons. The van der Waals surface area contributed by atoms with Crippen LogP contribution in [0.25, 0.3) is 0 Å². The number of rotatable bonds is 43. The van der Waals surface area contributed by atoms with E-state index in [9.17, 15) is 10.2 Å². The van der Waals surface area contributed by atoms with E-state index in [2.05, 4.69) is 198 Å². The van der Waals surface area contributed by atoms with Crippen molar-refractivity contribution in [3.8, 4) is 11.5 Å². The fourth-order valence-electron chi connectivity index (χ4n) is 10.4. The first kappa shape index (κ1) is 94.1. The molecule has 0 amide bonds. The van der Waals surface area contributed by atoms with Crippen molar-refractivity contribution in [1.82, 2.24) is 0 Å². The monoisotopic (exact) mass is 1640 g/mol. The van der Waals surface area contributed by atoms with Gasteiger partial charge >= 0.3 is 175 Å². The van der Waals surface area contributed by atoms with Gasteiger partial charge in [-0.3, -0.25) is 0 Å². The molecule has 21 heteroatoms. The molecule has 0 fully saturated rings. The summed E-state index contributed by atoms with van der Waals surface area (Å²) in [6, 6.07) is 43.1. The van der Waals surface area contributed by atoms with Gasteiger partial charge in [0.1, 0.15) is 25.1 Å². The molecular formula is C78H119BrO14S5Sn. The third-order valence-corrected chi connectivity index (χ3v) is 23.7. The molecule has 0 spiro atoms. The molecule has 8 atom stereocenters. The minimum Gasteiger partial charge on any atom is -0.497 e. The van der Waals surface area contributed by atoms with Crippen molar-refractivity contribution in [2.75, 3.05) is 95.9 Å². The standard InChI is InChI=1S/C34H51BrO7.C34H51O7.C7H8.3CH3.S3.S2.Sn/c1-8-26(22-41-24-40-17-16-37-5)18-25(2)32(42-23-27-12-14-30(38-6)15-13-27)20-31(39-7)21-33(36)34(3,4)28-10-9-11-29(35)19-28;1-8-27(23-40-25-39-19-18-36-5)20-26(2)32(41-24-28-14-16-30(37-6)17-15-28)21-31(38-7)22-33(35)34(3,4)29-12-10-9-11-13-29;1-7-5-3-2-4-6-7;;;;1-3-2;1-2;/h9-15,18-19,26,31-33,36H,8,16-17,20-24H2,1-7H3;9-10,12-17,20,27,31-33,35H,8,18-19,21-25H2,1-7H3;2-6H,1H3;3*1H3;;;/b25-18-;26-20-;;;;;;;/t26-,31-,32+,33+;27-,31-,32+,33+;;;;;;;/m11......./s1. The number of methoxy groups -OCH3 is 6. The number of aliphatic hydroxyl groups is 2. The number of aryl methyl sites for hydroxylation is 1. The first-order chi connectivity index (χ1) is 47.3. The summed E-state index contributed by atoms with van der Waals surface area (Å²) in [7, 11) is 11.0. The minimum atomic E-state index is -2.26. The van der Waals surface area contributed by atoms with Gasteiger partial charge in [-0.1, -0.05) is 122 Å². The Morgan fingerprint density at radius 1 is 0.535 bits per heavy atom. The second kappa shape index (κ2) is 54.7. The first-order valence-electron chi connectivity index (χ1n) is 33.8. The topological polar surface area (TPSA) is 151 Å². The Kier molecular flexibility index (Phi) is 51.9. The molecule has 0 unspecified atom stereocenters. The van der Waals surface area contributed by atoms with Crippen molar-refractivity contribution in [2.45, 2.75) is 176 Å². The predicted octanol–water partition coefficient (Wildman–Crippen LogP) is 15.9. The molecule has 0 aliphatic heterocycles. The molecule has 0 bridgehead atoms. The molecule has 14 nitrogen and oxygen atoms in total.